The highest BCUT2D eigenvalue weighted by Gasteiger charge is 2.24. The van der Waals surface area contributed by atoms with Gasteiger partial charge in [-0.2, -0.15) is 4.98 Å². The third-order valence-corrected chi connectivity index (χ3v) is 5.67. The fraction of sp³-hybridized carbons (Fsp3) is 0.478. The van der Waals surface area contributed by atoms with Gasteiger partial charge in [-0.15, -0.1) is 0 Å². The highest BCUT2D eigenvalue weighted by Crippen LogP contribution is 2.19. The van der Waals surface area contributed by atoms with Crippen molar-refractivity contribution >= 4 is 5.91 Å². The maximum atomic E-state index is 12.7. The van der Waals surface area contributed by atoms with Gasteiger partial charge in [0.1, 0.15) is 5.76 Å². The van der Waals surface area contributed by atoms with Crippen LogP contribution >= 0.6 is 0 Å². The van der Waals surface area contributed by atoms with Crippen LogP contribution in [-0.4, -0.2) is 51.9 Å². The lowest BCUT2D eigenvalue weighted by atomic mass is 10.1. The van der Waals surface area contributed by atoms with Crippen LogP contribution in [0.5, 0.6) is 0 Å². The molecule has 1 aromatic carbocycles. The third kappa shape index (κ3) is 5.38. The van der Waals surface area contributed by atoms with E-state index in [2.05, 4.69) is 15.3 Å². The predicted molar refractivity (Wildman–Crippen MR) is 113 cm³/mol. The van der Waals surface area contributed by atoms with Gasteiger partial charge in [-0.05, 0) is 45.2 Å². The van der Waals surface area contributed by atoms with Gasteiger partial charge in [0.25, 0.3) is 5.89 Å². The van der Waals surface area contributed by atoms with Crippen LogP contribution in [0, 0.1) is 13.8 Å². The molecule has 4 rings (SSSR count). The molecule has 1 unspecified atom stereocenters. The first-order valence-electron chi connectivity index (χ1n) is 10.8. The van der Waals surface area contributed by atoms with Crippen LogP contribution in [-0.2, 0) is 22.4 Å². The molecule has 0 N–H and O–H groups in total. The molecular formula is C23H28N4O4. The Morgan fingerprint density at radius 1 is 1.16 bits per heavy atom. The van der Waals surface area contributed by atoms with Gasteiger partial charge in [0.05, 0.1) is 18.4 Å². The molecule has 0 spiro atoms. The van der Waals surface area contributed by atoms with Crippen LogP contribution in [0.1, 0.15) is 42.1 Å². The summed E-state index contributed by atoms with van der Waals surface area (Å²) in [5, 5.41) is 8.00. The predicted octanol–water partition coefficient (Wildman–Crippen LogP) is 3.52. The van der Waals surface area contributed by atoms with E-state index in [1.807, 2.05) is 49.1 Å². The monoisotopic (exact) mass is 424 g/mol. The van der Waals surface area contributed by atoms with Crippen LogP contribution in [0.25, 0.3) is 11.5 Å². The van der Waals surface area contributed by atoms with Crippen LogP contribution in [0.3, 0.4) is 0 Å². The summed E-state index contributed by atoms with van der Waals surface area (Å²) in [6, 6.07) is 9.70. The molecule has 1 saturated heterocycles. The van der Waals surface area contributed by atoms with E-state index < -0.39 is 0 Å². The number of aromatic nitrogens is 3. The number of carbonyl (C=O) groups is 1. The van der Waals surface area contributed by atoms with Crippen molar-refractivity contribution in [3.63, 3.8) is 0 Å². The zero-order chi connectivity index (χ0) is 21.6. The summed E-state index contributed by atoms with van der Waals surface area (Å²) in [7, 11) is 0. The molecule has 8 heteroatoms. The number of amides is 1. The van der Waals surface area contributed by atoms with Crippen molar-refractivity contribution in [3.8, 4) is 11.5 Å². The van der Waals surface area contributed by atoms with Crippen molar-refractivity contribution in [2.45, 2.75) is 52.1 Å². The highest BCUT2D eigenvalue weighted by molar-refractivity contribution is 5.76. The van der Waals surface area contributed by atoms with Crippen molar-refractivity contribution in [2.75, 3.05) is 19.7 Å². The van der Waals surface area contributed by atoms with Crippen molar-refractivity contribution in [2.24, 2.45) is 0 Å². The molecule has 31 heavy (non-hydrogen) atoms. The first-order valence-corrected chi connectivity index (χ1v) is 10.8. The van der Waals surface area contributed by atoms with Crippen molar-refractivity contribution in [3.05, 3.63) is 53.2 Å². The second-order valence-electron chi connectivity index (χ2n) is 7.91. The standard InChI is InChI=1S/C23H28N4O4/c1-16-20(17(2)30-25-16)10-11-22(28)27-13-6-9-19(15-27)29-14-12-21-24-23(31-26-21)18-7-4-3-5-8-18/h3-5,7-8,19H,6,9-15H2,1-2H3. The number of nitrogens with zero attached hydrogens (tertiary/aromatic N) is 4. The van der Waals surface area contributed by atoms with Crippen molar-refractivity contribution in [1.29, 1.82) is 0 Å². The fourth-order valence-electron chi connectivity index (χ4n) is 3.92. The molecule has 1 aliphatic heterocycles. The number of benzene rings is 1. The molecule has 1 atom stereocenters. The molecule has 0 aliphatic carbocycles. The molecule has 1 aliphatic rings. The first-order chi connectivity index (χ1) is 15.1. The minimum absolute atomic E-state index is 0.0391. The highest BCUT2D eigenvalue weighted by atomic mass is 16.5. The topological polar surface area (TPSA) is 94.5 Å². The number of carbonyl (C=O) groups excluding carboxylic acids is 1. The number of likely N-dealkylation sites (tertiary alicyclic amines) is 1. The van der Waals surface area contributed by atoms with E-state index in [0.717, 1.165) is 42.0 Å². The molecule has 3 heterocycles. The van der Waals surface area contributed by atoms with Gasteiger partial charge in [0, 0.05) is 37.1 Å². The van der Waals surface area contributed by atoms with Gasteiger partial charge in [0.15, 0.2) is 5.82 Å². The number of hydrogen-bond donors (Lipinski definition) is 0. The zero-order valence-corrected chi connectivity index (χ0v) is 18.0. The molecule has 3 aromatic rings. The molecule has 8 nitrogen and oxygen atoms in total. The minimum Gasteiger partial charge on any atom is -0.376 e. The second-order valence-corrected chi connectivity index (χ2v) is 7.91. The summed E-state index contributed by atoms with van der Waals surface area (Å²) in [4.78, 5) is 19.0. The lowest BCUT2D eigenvalue weighted by molar-refractivity contribution is -0.135. The van der Waals surface area contributed by atoms with Crippen LogP contribution in [0.4, 0.5) is 0 Å². The van der Waals surface area contributed by atoms with Crippen molar-refractivity contribution < 1.29 is 18.6 Å². The van der Waals surface area contributed by atoms with Gasteiger partial charge < -0.3 is 18.7 Å². The molecule has 0 saturated carbocycles. The molecule has 164 valence electrons. The van der Waals surface area contributed by atoms with Crippen LogP contribution < -0.4 is 0 Å². The Morgan fingerprint density at radius 2 is 2.00 bits per heavy atom. The number of hydrogen-bond acceptors (Lipinski definition) is 7. The van der Waals surface area contributed by atoms with Gasteiger partial charge in [-0.1, -0.05) is 28.5 Å². The summed E-state index contributed by atoms with van der Waals surface area (Å²) in [5.41, 5.74) is 2.80. The largest absolute Gasteiger partial charge is 0.376 e. The van der Waals surface area contributed by atoms with E-state index in [9.17, 15) is 4.79 Å². The average molecular weight is 425 g/mol. The van der Waals surface area contributed by atoms with Crippen LogP contribution in [0.15, 0.2) is 39.4 Å². The van der Waals surface area contributed by atoms with E-state index in [1.165, 1.54) is 0 Å². The maximum Gasteiger partial charge on any atom is 0.257 e. The smallest absolute Gasteiger partial charge is 0.257 e. The van der Waals surface area contributed by atoms with E-state index in [0.29, 0.717) is 44.1 Å². The quantitative estimate of drug-likeness (QED) is 0.546. The Hall–Kier alpha value is -3.00. The molecule has 0 radical (unpaired) electrons. The minimum atomic E-state index is 0.0391. The van der Waals surface area contributed by atoms with Crippen molar-refractivity contribution in [1.82, 2.24) is 20.2 Å². The van der Waals surface area contributed by atoms with Gasteiger partial charge in [-0.25, -0.2) is 0 Å². The summed E-state index contributed by atoms with van der Waals surface area (Å²) < 4.78 is 16.6. The van der Waals surface area contributed by atoms with Gasteiger partial charge in [0.2, 0.25) is 5.91 Å². The molecular weight excluding hydrogens is 396 g/mol. The van der Waals surface area contributed by atoms with E-state index >= 15 is 0 Å². The summed E-state index contributed by atoms with van der Waals surface area (Å²) in [6.07, 6.45) is 3.63. The fourth-order valence-corrected chi connectivity index (χ4v) is 3.92. The third-order valence-electron chi connectivity index (χ3n) is 5.67. The zero-order valence-electron chi connectivity index (χ0n) is 18.0. The Kier molecular flexibility index (Phi) is 6.76. The number of piperidine rings is 1. The Balaban J connectivity index is 1.22. The molecule has 0 bridgehead atoms. The lowest BCUT2D eigenvalue weighted by Crippen LogP contribution is -2.43. The SMILES string of the molecule is Cc1noc(C)c1CCC(=O)N1CCCC(OCCc2noc(-c3ccccc3)n2)C1. The number of ether oxygens (including phenoxy) is 1. The van der Waals surface area contributed by atoms with Gasteiger partial charge >= 0.3 is 0 Å². The van der Waals surface area contributed by atoms with E-state index in [-0.39, 0.29) is 12.0 Å². The molecule has 1 fully saturated rings. The second kappa shape index (κ2) is 9.87. The first kappa shape index (κ1) is 21.2. The lowest BCUT2D eigenvalue weighted by Gasteiger charge is -2.32. The molecule has 1 amide bonds. The number of rotatable bonds is 8. The Bertz CT molecular complexity index is 979. The average Bonchev–Trinajstić information content (AvgIpc) is 3.39. The number of aryl methyl sites for hydroxylation is 2. The van der Waals surface area contributed by atoms with Crippen LogP contribution in [0.2, 0.25) is 0 Å². The normalized spacial score (nSPS) is 16.6. The Morgan fingerprint density at radius 3 is 2.77 bits per heavy atom. The van der Waals surface area contributed by atoms with E-state index in [1.54, 1.807) is 0 Å². The summed E-state index contributed by atoms with van der Waals surface area (Å²) in [5.74, 6) is 2.09. The maximum absolute atomic E-state index is 12.7. The summed E-state index contributed by atoms with van der Waals surface area (Å²) >= 11 is 0. The summed E-state index contributed by atoms with van der Waals surface area (Å²) in [6.45, 7) is 5.71. The molecule has 2 aromatic heterocycles. The van der Waals surface area contributed by atoms with E-state index in [4.69, 9.17) is 13.8 Å². The van der Waals surface area contributed by atoms with Gasteiger partial charge in [-0.3, -0.25) is 4.79 Å². The Labute approximate surface area is 181 Å².